The van der Waals surface area contributed by atoms with Crippen molar-refractivity contribution in [1.82, 2.24) is 9.97 Å². The molecule has 0 spiro atoms. The van der Waals surface area contributed by atoms with E-state index >= 15 is 0 Å². The minimum absolute atomic E-state index is 0.223. The smallest absolute Gasteiger partial charge is 0.144 e. The van der Waals surface area contributed by atoms with Crippen LogP contribution in [0.15, 0.2) is 28.7 Å². The van der Waals surface area contributed by atoms with E-state index in [-0.39, 0.29) is 5.82 Å². The summed E-state index contributed by atoms with van der Waals surface area (Å²) in [6.45, 7) is 2.03. The van der Waals surface area contributed by atoms with E-state index in [1.54, 1.807) is 12.1 Å². The Hall–Kier alpha value is -1.07. The molecule has 0 saturated heterocycles. The van der Waals surface area contributed by atoms with E-state index in [1.165, 1.54) is 6.07 Å². The van der Waals surface area contributed by atoms with Crippen molar-refractivity contribution in [1.29, 1.82) is 0 Å². The van der Waals surface area contributed by atoms with E-state index in [9.17, 15) is 4.39 Å². The summed E-state index contributed by atoms with van der Waals surface area (Å²) < 4.78 is 14.9. The minimum atomic E-state index is -0.223. The number of rotatable bonds is 3. The molecule has 94 valence electrons. The minimum Gasteiger partial charge on any atom is -0.346 e. The molecule has 0 saturated carbocycles. The highest BCUT2D eigenvalue weighted by Crippen LogP contribution is 2.18. The highest BCUT2D eigenvalue weighted by molar-refractivity contribution is 9.10. The number of hydrogen-bond donors (Lipinski definition) is 1. The topological polar surface area (TPSA) is 28.7 Å². The molecule has 1 N–H and O–H groups in total. The Kier molecular flexibility index (Phi) is 4.24. The lowest BCUT2D eigenvalue weighted by Crippen LogP contribution is -2.03. The third kappa shape index (κ3) is 2.84. The van der Waals surface area contributed by atoms with E-state index in [0.29, 0.717) is 22.4 Å². The van der Waals surface area contributed by atoms with Crippen LogP contribution in [-0.2, 0) is 12.8 Å². The number of nitrogens with one attached hydrogen (secondary N) is 1. The van der Waals surface area contributed by atoms with Gasteiger partial charge in [-0.05, 0) is 34.0 Å². The van der Waals surface area contributed by atoms with Crippen LogP contribution in [0.3, 0.4) is 0 Å². The average molecular weight is 327 g/mol. The lowest BCUT2D eigenvalue weighted by Gasteiger charge is -2.07. The summed E-state index contributed by atoms with van der Waals surface area (Å²) in [5.41, 5.74) is 1.60. The maximum Gasteiger partial charge on any atom is 0.144 e. The molecule has 0 unspecified atom stereocenters. The van der Waals surface area contributed by atoms with Crippen molar-refractivity contribution in [3.8, 4) is 0 Å². The number of benzene rings is 1. The highest BCUT2D eigenvalue weighted by Gasteiger charge is 2.07. The molecule has 0 aliphatic heterocycles. The van der Waals surface area contributed by atoms with Gasteiger partial charge in [-0.2, -0.15) is 0 Å². The van der Waals surface area contributed by atoms with Crippen LogP contribution >= 0.6 is 28.1 Å². The van der Waals surface area contributed by atoms with E-state index in [0.717, 1.165) is 16.6 Å². The number of hydrogen-bond acceptors (Lipinski definition) is 2. The molecule has 0 fully saturated rings. The van der Waals surface area contributed by atoms with E-state index in [1.807, 2.05) is 13.0 Å². The van der Waals surface area contributed by atoms with E-state index in [4.69, 9.17) is 12.2 Å². The first-order chi connectivity index (χ1) is 8.61. The van der Waals surface area contributed by atoms with Gasteiger partial charge in [-0.3, -0.25) is 0 Å². The normalized spacial score (nSPS) is 10.6. The summed E-state index contributed by atoms with van der Waals surface area (Å²) in [5, 5.41) is 0. The summed E-state index contributed by atoms with van der Waals surface area (Å²) >= 11 is 8.57. The van der Waals surface area contributed by atoms with Crippen molar-refractivity contribution in [3.05, 3.63) is 56.3 Å². The van der Waals surface area contributed by atoms with Gasteiger partial charge in [0.05, 0.1) is 4.47 Å². The molecule has 1 aromatic heterocycles. The van der Waals surface area contributed by atoms with Crippen molar-refractivity contribution in [2.24, 2.45) is 0 Å². The van der Waals surface area contributed by atoms with Gasteiger partial charge in [-0.1, -0.05) is 37.3 Å². The fourth-order valence-corrected chi connectivity index (χ4v) is 2.41. The van der Waals surface area contributed by atoms with E-state index < -0.39 is 0 Å². The molecule has 0 radical (unpaired) electrons. The average Bonchev–Trinajstić information content (AvgIpc) is 2.36. The monoisotopic (exact) mass is 326 g/mol. The Balaban J connectivity index is 2.39. The number of H-pyrrole nitrogens is 1. The molecule has 1 aromatic carbocycles. The van der Waals surface area contributed by atoms with Crippen molar-refractivity contribution < 1.29 is 4.39 Å². The molecule has 0 amide bonds. The van der Waals surface area contributed by atoms with Crippen molar-refractivity contribution in [2.45, 2.75) is 19.8 Å². The van der Waals surface area contributed by atoms with Crippen LogP contribution in [0.2, 0.25) is 0 Å². The quantitative estimate of drug-likeness (QED) is 0.856. The summed E-state index contributed by atoms with van der Waals surface area (Å²) in [6, 6.07) is 6.69. The fraction of sp³-hybridized carbons (Fsp3) is 0.231. The highest BCUT2D eigenvalue weighted by atomic mass is 79.9. The Morgan fingerprint density at radius 3 is 2.78 bits per heavy atom. The number of aromatic nitrogens is 2. The molecule has 0 aliphatic carbocycles. The second kappa shape index (κ2) is 5.71. The van der Waals surface area contributed by atoms with Gasteiger partial charge >= 0.3 is 0 Å². The molecular formula is C13H12BrFN2S. The Morgan fingerprint density at radius 1 is 1.39 bits per heavy atom. The van der Waals surface area contributed by atoms with Gasteiger partial charge in [0.1, 0.15) is 16.3 Å². The molecule has 1 heterocycles. The zero-order valence-electron chi connectivity index (χ0n) is 9.84. The number of aromatic amines is 1. The van der Waals surface area contributed by atoms with E-state index in [2.05, 4.69) is 25.9 Å². The molecule has 2 rings (SSSR count). The Labute approximate surface area is 118 Å². The second-order valence-electron chi connectivity index (χ2n) is 3.90. The van der Waals surface area contributed by atoms with Gasteiger partial charge in [0, 0.05) is 12.1 Å². The lowest BCUT2D eigenvalue weighted by molar-refractivity contribution is 0.611. The third-order valence-electron chi connectivity index (χ3n) is 2.65. The van der Waals surface area contributed by atoms with Crippen molar-refractivity contribution in [3.63, 3.8) is 0 Å². The van der Waals surface area contributed by atoms with Gasteiger partial charge in [0.15, 0.2) is 0 Å². The molecule has 5 heteroatoms. The maximum absolute atomic E-state index is 13.6. The van der Waals surface area contributed by atoms with Gasteiger partial charge < -0.3 is 4.98 Å². The first-order valence-electron chi connectivity index (χ1n) is 5.62. The molecule has 18 heavy (non-hydrogen) atoms. The zero-order valence-corrected chi connectivity index (χ0v) is 12.2. The van der Waals surface area contributed by atoms with Crippen LogP contribution in [0.1, 0.15) is 24.0 Å². The number of nitrogens with zero attached hydrogens (tertiary/aromatic N) is 1. The predicted molar refractivity (Wildman–Crippen MR) is 75.7 cm³/mol. The van der Waals surface area contributed by atoms with Gasteiger partial charge in [0.2, 0.25) is 0 Å². The third-order valence-corrected chi connectivity index (χ3v) is 4.07. The standard InChI is InChI=1S/C13H12BrFN2S/c1-2-10-12(14)13(18)17-11(16-10)7-8-5-3-4-6-9(8)15/h3-6H,2,7H2,1H3,(H,16,17,18). The van der Waals surface area contributed by atoms with Crippen molar-refractivity contribution in [2.75, 3.05) is 0 Å². The van der Waals surface area contributed by atoms with Crippen LogP contribution in [-0.4, -0.2) is 9.97 Å². The fourth-order valence-electron chi connectivity index (χ4n) is 1.71. The zero-order chi connectivity index (χ0) is 13.1. The molecule has 0 aliphatic rings. The predicted octanol–water partition coefficient (Wildman–Crippen LogP) is 4.19. The molecule has 2 nitrogen and oxygen atoms in total. The van der Waals surface area contributed by atoms with Crippen LogP contribution in [0.25, 0.3) is 0 Å². The number of halogens is 2. The van der Waals surface area contributed by atoms with Crippen LogP contribution in [0, 0.1) is 10.5 Å². The molecule has 0 bridgehead atoms. The van der Waals surface area contributed by atoms with Gasteiger partial charge in [-0.15, -0.1) is 0 Å². The lowest BCUT2D eigenvalue weighted by atomic mass is 10.1. The van der Waals surface area contributed by atoms with Gasteiger partial charge in [0.25, 0.3) is 0 Å². The van der Waals surface area contributed by atoms with Crippen LogP contribution in [0.5, 0.6) is 0 Å². The van der Waals surface area contributed by atoms with Crippen LogP contribution < -0.4 is 0 Å². The number of aryl methyl sites for hydroxylation is 1. The first kappa shape index (κ1) is 13.4. The maximum atomic E-state index is 13.6. The van der Waals surface area contributed by atoms with Crippen LogP contribution in [0.4, 0.5) is 4.39 Å². The summed E-state index contributed by atoms with van der Waals surface area (Å²) in [6.07, 6.45) is 1.23. The Bertz CT molecular complexity index is 625. The SMILES string of the molecule is CCc1[nH]c(Cc2ccccc2F)nc(=S)c1Br. The largest absolute Gasteiger partial charge is 0.346 e. The molecule has 0 atom stereocenters. The van der Waals surface area contributed by atoms with Crippen molar-refractivity contribution >= 4 is 28.1 Å². The summed E-state index contributed by atoms with van der Waals surface area (Å²) in [5.74, 6) is 0.463. The Morgan fingerprint density at radius 2 is 2.11 bits per heavy atom. The molecule has 2 aromatic rings. The van der Waals surface area contributed by atoms with Gasteiger partial charge in [-0.25, -0.2) is 9.37 Å². The summed E-state index contributed by atoms with van der Waals surface area (Å²) in [7, 11) is 0. The second-order valence-corrected chi connectivity index (χ2v) is 5.08. The molecular weight excluding hydrogens is 315 g/mol. The first-order valence-corrected chi connectivity index (χ1v) is 6.83. The summed E-state index contributed by atoms with van der Waals surface area (Å²) in [4.78, 5) is 7.45.